The van der Waals surface area contributed by atoms with Gasteiger partial charge in [-0.15, -0.1) is 0 Å². The van der Waals surface area contributed by atoms with Gasteiger partial charge in [0.1, 0.15) is 6.61 Å². The summed E-state index contributed by atoms with van der Waals surface area (Å²) in [5, 5.41) is 8.84. The molecule has 4 fully saturated rings. The van der Waals surface area contributed by atoms with Gasteiger partial charge in [-0.2, -0.15) is 0 Å². The summed E-state index contributed by atoms with van der Waals surface area (Å²) in [6.07, 6.45) is 19.6. The van der Waals surface area contributed by atoms with Gasteiger partial charge in [-0.05, 0) is 70.1 Å². The number of ether oxygens (including phenoxy) is 6. The zero-order valence-corrected chi connectivity index (χ0v) is 26.6. The number of carbonyl (C=O) groups excluding carboxylic acids is 1. The predicted octanol–water partition coefficient (Wildman–Crippen LogP) is 6.21. The van der Waals surface area contributed by atoms with Crippen LogP contribution in [-0.2, 0) is 33.2 Å². The zero-order valence-electron chi connectivity index (χ0n) is 25.0. The van der Waals surface area contributed by atoms with E-state index in [0.29, 0.717) is 12.3 Å². The highest BCUT2D eigenvalue weighted by molar-refractivity contribution is 9.09. The molecule has 1 saturated carbocycles. The summed E-state index contributed by atoms with van der Waals surface area (Å²) >= 11 is 3.86. The number of rotatable bonds is 17. The van der Waals surface area contributed by atoms with Crippen LogP contribution in [0.3, 0.4) is 0 Å². The second-order valence-corrected chi connectivity index (χ2v) is 13.3. The highest BCUT2D eigenvalue weighted by Crippen LogP contribution is 2.48. The van der Waals surface area contributed by atoms with Crippen molar-refractivity contribution in [3.63, 3.8) is 0 Å². The fraction of sp³-hybridized carbons (Fsp3) is 0.906. The van der Waals surface area contributed by atoms with E-state index in [2.05, 4.69) is 35.0 Å². The van der Waals surface area contributed by atoms with Crippen molar-refractivity contribution in [2.24, 2.45) is 11.8 Å². The minimum absolute atomic E-state index is 0.0444. The standard InChI is InChI=1S/C32H53BrO8/c1-2-3-4-10-23(39-31-13-5-7-18-37-31)15-16-24-25-21-29(26(33)11-9-12-30(35)36-20-17-34)40-28(25)22-27(24)41-32-14-6-8-19-38-32/h15-16,23-29,31-32,34H,2-14,17-22H2,1H3/b16-15+/t23-,24+,25+,26?,27+,28+,29?,31?,32?/m0/s1. The molecule has 0 amide bonds. The second kappa shape index (κ2) is 18.3. The van der Waals surface area contributed by atoms with E-state index in [1.165, 1.54) is 12.8 Å². The lowest BCUT2D eigenvalue weighted by Crippen LogP contribution is -2.32. The lowest BCUT2D eigenvalue weighted by atomic mass is 9.88. The number of esters is 1. The van der Waals surface area contributed by atoms with Gasteiger partial charge in [0.2, 0.25) is 0 Å². The van der Waals surface area contributed by atoms with Crippen molar-refractivity contribution in [1.82, 2.24) is 0 Å². The first-order valence-corrected chi connectivity index (χ1v) is 17.3. The molecular formula is C32H53BrO8. The highest BCUT2D eigenvalue weighted by atomic mass is 79.9. The quantitative estimate of drug-likeness (QED) is 0.0865. The van der Waals surface area contributed by atoms with E-state index >= 15 is 0 Å². The summed E-state index contributed by atoms with van der Waals surface area (Å²) in [5.41, 5.74) is 0. The molecule has 0 spiro atoms. The van der Waals surface area contributed by atoms with Gasteiger partial charge in [0.25, 0.3) is 0 Å². The molecule has 41 heavy (non-hydrogen) atoms. The largest absolute Gasteiger partial charge is 0.463 e. The molecule has 0 radical (unpaired) electrons. The number of aliphatic hydroxyl groups excluding tert-OH is 1. The molecule has 0 bridgehead atoms. The van der Waals surface area contributed by atoms with Gasteiger partial charge < -0.3 is 33.5 Å². The molecule has 3 saturated heterocycles. The highest BCUT2D eigenvalue weighted by Gasteiger charge is 2.51. The summed E-state index contributed by atoms with van der Waals surface area (Å²) in [6.45, 7) is 3.72. The average molecular weight is 646 g/mol. The molecule has 8 nitrogen and oxygen atoms in total. The van der Waals surface area contributed by atoms with Crippen LogP contribution >= 0.6 is 15.9 Å². The van der Waals surface area contributed by atoms with Crippen LogP contribution in [0.15, 0.2) is 12.2 Å². The smallest absolute Gasteiger partial charge is 0.305 e. The van der Waals surface area contributed by atoms with Crippen molar-refractivity contribution < 1.29 is 38.3 Å². The fourth-order valence-corrected chi connectivity index (χ4v) is 7.35. The maximum atomic E-state index is 11.8. The molecule has 4 unspecified atom stereocenters. The summed E-state index contributed by atoms with van der Waals surface area (Å²) in [5.74, 6) is 0.363. The van der Waals surface area contributed by atoms with Crippen LogP contribution in [0.2, 0.25) is 0 Å². The Balaban J connectivity index is 1.37. The first kappa shape index (κ1) is 33.3. The van der Waals surface area contributed by atoms with Crippen LogP contribution in [0.4, 0.5) is 0 Å². The Bertz CT molecular complexity index is 769. The molecular weight excluding hydrogens is 592 g/mol. The van der Waals surface area contributed by atoms with E-state index in [1.807, 2.05) is 0 Å². The van der Waals surface area contributed by atoms with E-state index in [1.54, 1.807) is 0 Å². The average Bonchev–Trinajstić information content (AvgIpc) is 3.54. The summed E-state index contributed by atoms with van der Waals surface area (Å²) < 4.78 is 36.6. The molecule has 1 N–H and O–H groups in total. The van der Waals surface area contributed by atoms with Gasteiger partial charge in [0.15, 0.2) is 12.6 Å². The van der Waals surface area contributed by atoms with Crippen LogP contribution in [0.1, 0.15) is 103 Å². The van der Waals surface area contributed by atoms with Crippen molar-refractivity contribution in [2.75, 3.05) is 26.4 Å². The molecule has 3 aliphatic heterocycles. The zero-order chi connectivity index (χ0) is 28.9. The topological polar surface area (TPSA) is 92.7 Å². The van der Waals surface area contributed by atoms with Gasteiger partial charge in [0, 0.05) is 36.8 Å². The number of hydrogen-bond acceptors (Lipinski definition) is 8. The molecule has 4 aliphatic rings. The van der Waals surface area contributed by atoms with E-state index in [4.69, 9.17) is 33.5 Å². The molecule has 0 aromatic rings. The minimum atomic E-state index is -0.257. The summed E-state index contributed by atoms with van der Waals surface area (Å²) in [4.78, 5) is 12.0. The number of carbonyl (C=O) groups is 1. The minimum Gasteiger partial charge on any atom is -0.463 e. The Morgan fingerprint density at radius 3 is 2.51 bits per heavy atom. The first-order chi connectivity index (χ1) is 20.1. The van der Waals surface area contributed by atoms with Crippen molar-refractivity contribution in [1.29, 1.82) is 0 Å². The first-order valence-electron chi connectivity index (χ1n) is 16.4. The van der Waals surface area contributed by atoms with Crippen LogP contribution < -0.4 is 0 Å². The van der Waals surface area contributed by atoms with E-state index in [9.17, 15) is 4.79 Å². The normalized spacial score (nSPS) is 33.6. The van der Waals surface area contributed by atoms with Crippen molar-refractivity contribution in [3.05, 3.63) is 12.2 Å². The van der Waals surface area contributed by atoms with E-state index < -0.39 is 0 Å². The van der Waals surface area contributed by atoms with Crippen LogP contribution in [0.25, 0.3) is 0 Å². The number of hydrogen-bond donors (Lipinski definition) is 1. The van der Waals surface area contributed by atoms with Gasteiger partial charge >= 0.3 is 5.97 Å². The summed E-state index contributed by atoms with van der Waals surface area (Å²) in [6, 6.07) is 0. The molecule has 1 aliphatic carbocycles. The predicted molar refractivity (Wildman–Crippen MR) is 160 cm³/mol. The lowest BCUT2D eigenvalue weighted by Gasteiger charge is -2.30. The van der Waals surface area contributed by atoms with Gasteiger partial charge in [0.05, 0.1) is 31.0 Å². The van der Waals surface area contributed by atoms with Crippen molar-refractivity contribution in [2.45, 2.75) is 145 Å². The molecule has 236 valence electrons. The van der Waals surface area contributed by atoms with E-state index in [-0.39, 0.29) is 66.9 Å². The summed E-state index contributed by atoms with van der Waals surface area (Å²) in [7, 11) is 0. The van der Waals surface area contributed by atoms with Crippen molar-refractivity contribution >= 4 is 21.9 Å². The monoisotopic (exact) mass is 644 g/mol. The van der Waals surface area contributed by atoms with Crippen LogP contribution in [0.5, 0.6) is 0 Å². The third-order valence-corrected chi connectivity index (χ3v) is 9.96. The molecule has 9 heteroatoms. The number of halogens is 1. The third-order valence-electron chi connectivity index (χ3n) is 8.91. The Morgan fingerprint density at radius 1 is 1.02 bits per heavy atom. The Kier molecular flexibility index (Phi) is 14.9. The Morgan fingerprint density at radius 2 is 1.80 bits per heavy atom. The van der Waals surface area contributed by atoms with E-state index in [0.717, 1.165) is 90.3 Å². The van der Waals surface area contributed by atoms with Gasteiger partial charge in [-0.3, -0.25) is 4.79 Å². The Labute approximate surface area is 255 Å². The molecule has 0 aromatic heterocycles. The van der Waals surface area contributed by atoms with Crippen LogP contribution in [0, 0.1) is 11.8 Å². The number of alkyl halides is 1. The fourth-order valence-electron chi connectivity index (χ4n) is 6.69. The maximum Gasteiger partial charge on any atom is 0.305 e. The third kappa shape index (κ3) is 10.8. The molecule has 4 rings (SSSR count). The second-order valence-electron chi connectivity index (χ2n) is 12.1. The van der Waals surface area contributed by atoms with Gasteiger partial charge in [-0.1, -0.05) is 54.3 Å². The number of aliphatic hydroxyl groups is 1. The number of fused-ring (bicyclic) bond motifs is 1. The molecule has 9 atom stereocenters. The lowest BCUT2D eigenvalue weighted by molar-refractivity contribution is -0.194. The maximum absolute atomic E-state index is 11.8. The Hall–Kier alpha value is -0.550. The molecule has 0 aromatic carbocycles. The SMILES string of the molecule is CCCCC[C@@H](/C=C/[C@@H]1[C@H]2CC(C(Br)CCCC(=O)OCCO)O[C@@H]2C[C@H]1OC1CCCCO1)OC1CCCCO1. The van der Waals surface area contributed by atoms with Gasteiger partial charge in [-0.25, -0.2) is 0 Å². The van der Waals surface area contributed by atoms with Crippen molar-refractivity contribution in [3.8, 4) is 0 Å². The number of unbranched alkanes of at least 4 members (excludes halogenated alkanes) is 2. The van der Waals surface area contributed by atoms with Crippen LogP contribution in [-0.4, -0.2) is 79.3 Å². The molecule has 3 heterocycles.